The number of likely N-dealkylation sites (tertiary alicyclic amines) is 1. The van der Waals surface area contributed by atoms with Crippen LogP contribution in [-0.4, -0.2) is 23.2 Å². The molecule has 0 spiro atoms. The first kappa shape index (κ1) is 15.3. The average molecular weight is 295 g/mol. The Balaban J connectivity index is 2.01. The summed E-state index contributed by atoms with van der Waals surface area (Å²) in [6, 6.07) is 21.6. The monoisotopic (exact) mass is 295 g/mol. The SMILES string of the molecule is C[C@@H]1C(O)[C@@H](C)[C@H](c2ccccc2)N(C)[C@@H]1c1ccccc1. The summed E-state index contributed by atoms with van der Waals surface area (Å²) in [6.07, 6.45) is -0.299. The zero-order valence-electron chi connectivity index (χ0n) is 13.6. The van der Waals surface area contributed by atoms with Crippen molar-refractivity contribution < 1.29 is 5.11 Å². The van der Waals surface area contributed by atoms with E-state index in [1.165, 1.54) is 11.1 Å². The number of benzene rings is 2. The number of rotatable bonds is 2. The predicted octanol–water partition coefficient (Wildman–Crippen LogP) is 4.05. The van der Waals surface area contributed by atoms with E-state index in [-0.39, 0.29) is 30.0 Å². The van der Waals surface area contributed by atoms with Gasteiger partial charge in [0.25, 0.3) is 0 Å². The van der Waals surface area contributed by atoms with Crippen LogP contribution < -0.4 is 0 Å². The van der Waals surface area contributed by atoms with Crippen LogP contribution >= 0.6 is 0 Å². The van der Waals surface area contributed by atoms with Gasteiger partial charge in [0, 0.05) is 23.9 Å². The Morgan fingerprint density at radius 1 is 0.727 bits per heavy atom. The summed E-state index contributed by atoms with van der Waals surface area (Å²) in [4.78, 5) is 2.44. The molecule has 1 heterocycles. The Hall–Kier alpha value is -1.64. The van der Waals surface area contributed by atoms with E-state index in [9.17, 15) is 5.11 Å². The summed E-state index contributed by atoms with van der Waals surface area (Å²) >= 11 is 0. The summed E-state index contributed by atoms with van der Waals surface area (Å²) in [7, 11) is 2.19. The minimum absolute atomic E-state index is 0.211. The van der Waals surface area contributed by atoms with Gasteiger partial charge in [0.15, 0.2) is 0 Å². The van der Waals surface area contributed by atoms with Crippen molar-refractivity contribution in [3.05, 3.63) is 71.8 Å². The molecule has 0 bridgehead atoms. The smallest absolute Gasteiger partial charge is 0.0627 e. The van der Waals surface area contributed by atoms with E-state index < -0.39 is 0 Å². The van der Waals surface area contributed by atoms with Crippen LogP contribution in [0.3, 0.4) is 0 Å². The van der Waals surface area contributed by atoms with E-state index in [0.29, 0.717) is 0 Å². The number of aliphatic hydroxyl groups is 1. The molecular formula is C20H25NO. The minimum Gasteiger partial charge on any atom is -0.392 e. The van der Waals surface area contributed by atoms with Crippen LogP contribution in [0.4, 0.5) is 0 Å². The third-order valence-electron chi connectivity index (χ3n) is 5.23. The summed E-state index contributed by atoms with van der Waals surface area (Å²) in [5, 5.41) is 10.8. The van der Waals surface area contributed by atoms with Crippen LogP contribution in [0.25, 0.3) is 0 Å². The Morgan fingerprint density at radius 2 is 1.09 bits per heavy atom. The van der Waals surface area contributed by atoms with Crippen molar-refractivity contribution in [3.63, 3.8) is 0 Å². The average Bonchev–Trinajstić information content (AvgIpc) is 2.55. The van der Waals surface area contributed by atoms with Gasteiger partial charge in [-0.2, -0.15) is 0 Å². The lowest BCUT2D eigenvalue weighted by molar-refractivity contribution is -0.0748. The molecule has 116 valence electrons. The number of aliphatic hydroxyl groups excluding tert-OH is 1. The van der Waals surface area contributed by atoms with Gasteiger partial charge in [-0.25, -0.2) is 0 Å². The van der Waals surface area contributed by atoms with E-state index >= 15 is 0 Å². The van der Waals surface area contributed by atoms with Gasteiger partial charge in [-0.15, -0.1) is 0 Å². The molecule has 2 nitrogen and oxygen atoms in total. The van der Waals surface area contributed by atoms with Crippen molar-refractivity contribution in [1.82, 2.24) is 4.90 Å². The number of nitrogens with zero attached hydrogens (tertiary/aromatic N) is 1. The van der Waals surface area contributed by atoms with Gasteiger partial charge >= 0.3 is 0 Å². The molecule has 2 aromatic rings. The second-order valence-corrected chi connectivity index (χ2v) is 6.59. The zero-order valence-corrected chi connectivity index (χ0v) is 13.6. The summed E-state index contributed by atoms with van der Waals surface area (Å²) in [5.74, 6) is 0.421. The highest BCUT2D eigenvalue weighted by atomic mass is 16.3. The highest BCUT2D eigenvalue weighted by Crippen LogP contribution is 2.46. The summed E-state index contributed by atoms with van der Waals surface area (Å²) in [5.41, 5.74) is 2.56. The van der Waals surface area contributed by atoms with E-state index in [1.54, 1.807) is 0 Å². The van der Waals surface area contributed by atoms with Crippen LogP contribution in [0.1, 0.15) is 37.1 Å². The van der Waals surface area contributed by atoms with Gasteiger partial charge in [-0.1, -0.05) is 74.5 Å². The Bertz CT molecular complexity index is 544. The molecule has 1 N–H and O–H groups in total. The molecule has 0 aliphatic carbocycles. The second kappa shape index (κ2) is 6.23. The maximum absolute atomic E-state index is 10.8. The first-order valence-corrected chi connectivity index (χ1v) is 8.11. The van der Waals surface area contributed by atoms with Gasteiger partial charge in [0.2, 0.25) is 0 Å². The lowest BCUT2D eigenvalue weighted by Crippen LogP contribution is -2.49. The van der Waals surface area contributed by atoms with Crippen LogP contribution in [0.2, 0.25) is 0 Å². The van der Waals surface area contributed by atoms with Crippen LogP contribution in [0.15, 0.2) is 60.7 Å². The van der Waals surface area contributed by atoms with Gasteiger partial charge in [-0.3, -0.25) is 4.90 Å². The number of piperidine rings is 1. The molecule has 1 aliphatic heterocycles. The molecule has 0 amide bonds. The van der Waals surface area contributed by atoms with E-state index in [1.807, 2.05) is 12.1 Å². The van der Waals surface area contributed by atoms with Gasteiger partial charge in [0.05, 0.1) is 6.10 Å². The number of hydrogen-bond donors (Lipinski definition) is 1. The predicted molar refractivity (Wildman–Crippen MR) is 90.5 cm³/mol. The van der Waals surface area contributed by atoms with Gasteiger partial charge in [-0.05, 0) is 18.2 Å². The first-order valence-electron chi connectivity index (χ1n) is 8.11. The normalized spacial score (nSPS) is 32.8. The molecule has 0 aromatic heterocycles. The molecule has 5 atom stereocenters. The quantitative estimate of drug-likeness (QED) is 0.903. The van der Waals surface area contributed by atoms with E-state index in [2.05, 4.69) is 74.3 Å². The van der Waals surface area contributed by atoms with Crippen LogP contribution in [-0.2, 0) is 0 Å². The van der Waals surface area contributed by atoms with Crippen LogP contribution in [0.5, 0.6) is 0 Å². The highest BCUT2D eigenvalue weighted by molar-refractivity contribution is 5.26. The van der Waals surface area contributed by atoms with Crippen molar-refractivity contribution >= 4 is 0 Å². The van der Waals surface area contributed by atoms with Crippen molar-refractivity contribution in [1.29, 1.82) is 0 Å². The topological polar surface area (TPSA) is 23.5 Å². The van der Waals surface area contributed by atoms with Crippen LogP contribution in [0, 0.1) is 11.8 Å². The third-order valence-corrected chi connectivity index (χ3v) is 5.23. The molecule has 1 unspecified atom stereocenters. The molecular weight excluding hydrogens is 270 g/mol. The summed E-state index contributed by atoms with van der Waals surface area (Å²) in [6.45, 7) is 4.33. The fourth-order valence-electron chi connectivity index (χ4n) is 4.15. The largest absolute Gasteiger partial charge is 0.392 e. The van der Waals surface area contributed by atoms with Crippen molar-refractivity contribution in [3.8, 4) is 0 Å². The summed E-state index contributed by atoms with van der Waals surface area (Å²) < 4.78 is 0. The Labute approximate surface area is 133 Å². The Kier molecular flexibility index (Phi) is 4.32. The third kappa shape index (κ3) is 2.57. The molecule has 2 heteroatoms. The van der Waals surface area contributed by atoms with E-state index in [4.69, 9.17) is 0 Å². The molecule has 0 radical (unpaired) electrons. The lowest BCUT2D eigenvalue weighted by Gasteiger charge is -2.50. The zero-order chi connectivity index (χ0) is 15.7. The van der Waals surface area contributed by atoms with Gasteiger partial charge < -0.3 is 5.11 Å². The molecule has 22 heavy (non-hydrogen) atoms. The van der Waals surface area contributed by atoms with E-state index in [0.717, 1.165) is 0 Å². The van der Waals surface area contributed by atoms with Crippen molar-refractivity contribution in [2.24, 2.45) is 11.8 Å². The fraction of sp³-hybridized carbons (Fsp3) is 0.400. The lowest BCUT2D eigenvalue weighted by atomic mass is 9.74. The maximum atomic E-state index is 10.8. The van der Waals surface area contributed by atoms with Gasteiger partial charge in [0.1, 0.15) is 0 Å². The van der Waals surface area contributed by atoms with Crippen molar-refractivity contribution in [2.45, 2.75) is 32.0 Å². The molecule has 0 saturated carbocycles. The molecule has 3 rings (SSSR count). The first-order chi connectivity index (χ1) is 10.6. The highest BCUT2D eigenvalue weighted by Gasteiger charge is 2.44. The number of hydrogen-bond acceptors (Lipinski definition) is 2. The molecule has 1 saturated heterocycles. The second-order valence-electron chi connectivity index (χ2n) is 6.59. The fourth-order valence-corrected chi connectivity index (χ4v) is 4.15. The standard InChI is InChI=1S/C20H25NO/c1-14-18(16-10-6-4-7-11-16)21(3)19(15(2)20(14)22)17-12-8-5-9-13-17/h4-15,18-20,22H,1-3H3/t14-,15-,18-,19+,20?/m0/s1. The Morgan fingerprint density at radius 3 is 1.45 bits per heavy atom. The van der Waals surface area contributed by atoms with Crippen molar-refractivity contribution in [2.75, 3.05) is 7.05 Å². The molecule has 1 aliphatic rings. The maximum Gasteiger partial charge on any atom is 0.0627 e. The molecule has 2 aromatic carbocycles. The molecule has 1 fully saturated rings. The minimum atomic E-state index is -0.299.